The van der Waals surface area contributed by atoms with E-state index in [0.717, 1.165) is 42.5 Å². The Morgan fingerprint density at radius 2 is 2.04 bits per heavy atom. The van der Waals surface area contributed by atoms with Crippen LogP contribution in [-0.4, -0.2) is 38.7 Å². The smallest absolute Gasteiger partial charge is 0.229 e. The molecule has 144 valence electrons. The van der Waals surface area contributed by atoms with Crippen LogP contribution in [0.3, 0.4) is 0 Å². The summed E-state index contributed by atoms with van der Waals surface area (Å²) in [5, 5.41) is 12.3. The molecule has 0 spiro atoms. The van der Waals surface area contributed by atoms with Crippen LogP contribution in [-0.2, 0) is 4.79 Å². The second-order valence-electron chi connectivity index (χ2n) is 6.88. The Morgan fingerprint density at radius 1 is 1.21 bits per heavy atom. The van der Waals surface area contributed by atoms with Gasteiger partial charge in [0.2, 0.25) is 5.91 Å². The first-order valence-electron chi connectivity index (χ1n) is 9.25. The first-order chi connectivity index (χ1) is 13.6. The van der Waals surface area contributed by atoms with Crippen LogP contribution < -0.4 is 10.2 Å². The quantitative estimate of drug-likeness (QED) is 0.730. The van der Waals surface area contributed by atoms with Crippen molar-refractivity contribution in [2.75, 3.05) is 23.3 Å². The van der Waals surface area contributed by atoms with Crippen LogP contribution in [0.25, 0.3) is 5.82 Å². The average molecular weight is 397 g/mol. The molecule has 28 heavy (non-hydrogen) atoms. The number of amides is 1. The summed E-state index contributed by atoms with van der Waals surface area (Å²) in [5.41, 5.74) is 0.717. The van der Waals surface area contributed by atoms with Crippen LogP contribution in [0.5, 0.6) is 0 Å². The molecule has 1 fully saturated rings. The summed E-state index contributed by atoms with van der Waals surface area (Å²) in [6.45, 7) is 3.40. The lowest BCUT2D eigenvalue weighted by Crippen LogP contribution is -2.41. The van der Waals surface area contributed by atoms with Crippen molar-refractivity contribution < 1.29 is 4.79 Å². The summed E-state index contributed by atoms with van der Waals surface area (Å²) in [6.07, 6.45) is 5.37. The van der Waals surface area contributed by atoms with Gasteiger partial charge in [-0.25, -0.2) is 4.98 Å². The predicted molar refractivity (Wildman–Crippen MR) is 109 cm³/mol. The monoisotopic (exact) mass is 396 g/mol. The molecule has 0 saturated carbocycles. The number of aryl methyl sites for hydroxylation is 1. The summed E-state index contributed by atoms with van der Waals surface area (Å²) >= 11 is 6.00. The maximum absolute atomic E-state index is 12.7. The van der Waals surface area contributed by atoms with E-state index in [-0.39, 0.29) is 11.8 Å². The average Bonchev–Trinajstić information content (AvgIpc) is 3.14. The van der Waals surface area contributed by atoms with Gasteiger partial charge in [-0.1, -0.05) is 17.7 Å². The molecule has 0 aliphatic carbocycles. The first-order valence-corrected chi connectivity index (χ1v) is 9.63. The Hall–Kier alpha value is -2.93. The van der Waals surface area contributed by atoms with E-state index in [9.17, 15) is 4.79 Å². The van der Waals surface area contributed by atoms with Gasteiger partial charge in [-0.2, -0.15) is 0 Å². The second-order valence-corrected chi connectivity index (χ2v) is 7.32. The van der Waals surface area contributed by atoms with Gasteiger partial charge in [0.25, 0.3) is 0 Å². The highest BCUT2D eigenvalue weighted by Gasteiger charge is 2.27. The molecule has 0 bridgehead atoms. The van der Waals surface area contributed by atoms with Crippen LogP contribution in [0.2, 0.25) is 5.02 Å². The number of imidazole rings is 1. The van der Waals surface area contributed by atoms with Crippen molar-refractivity contribution in [2.45, 2.75) is 19.8 Å². The van der Waals surface area contributed by atoms with Crippen molar-refractivity contribution in [3.05, 3.63) is 59.6 Å². The highest BCUT2D eigenvalue weighted by Crippen LogP contribution is 2.24. The molecule has 3 aromatic rings. The number of piperidine rings is 1. The number of rotatable bonds is 4. The number of nitrogens with zero attached hydrogens (tertiary/aromatic N) is 5. The highest BCUT2D eigenvalue weighted by molar-refractivity contribution is 6.30. The molecule has 7 nitrogen and oxygen atoms in total. The van der Waals surface area contributed by atoms with E-state index in [1.54, 1.807) is 18.3 Å². The third kappa shape index (κ3) is 3.99. The van der Waals surface area contributed by atoms with Gasteiger partial charge in [0.15, 0.2) is 11.6 Å². The maximum atomic E-state index is 12.7. The number of halogens is 1. The predicted octanol–water partition coefficient (Wildman–Crippen LogP) is 3.48. The second kappa shape index (κ2) is 7.98. The molecule has 0 radical (unpaired) electrons. The first kappa shape index (κ1) is 18.4. The third-order valence-corrected chi connectivity index (χ3v) is 5.15. The molecule has 1 unspecified atom stereocenters. The molecule has 1 aliphatic heterocycles. The number of hydrogen-bond donors (Lipinski definition) is 1. The summed E-state index contributed by atoms with van der Waals surface area (Å²) in [6, 6.07) is 11.1. The van der Waals surface area contributed by atoms with E-state index in [4.69, 9.17) is 11.6 Å². The number of nitrogens with one attached hydrogen (secondary N) is 1. The fourth-order valence-corrected chi connectivity index (χ4v) is 3.64. The van der Waals surface area contributed by atoms with Gasteiger partial charge in [0.05, 0.1) is 5.92 Å². The molecular formula is C20H21ClN6O. The van der Waals surface area contributed by atoms with E-state index in [1.807, 2.05) is 42.0 Å². The summed E-state index contributed by atoms with van der Waals surface area (Å²) < 4.78 is 1.88. The molecule has 1 saturated heterocycles. The molecule has 1 aromatic carbocycles. The van der Waals surface area contributed by atoms with Gasteiger partial charge >= 0.3 is 0 Å². The largest absolute Gasteiger partial charge is 0.354 e. The highest BCUT2D eigenvalue weighted by atomic mass is 35.5. The number of anilines is 2. The molecule has 1 atom stereocenters. The van der Waals surface area contributed by atoms with E-state index < -0.39 is 0 Å². The van der Waals surface area contributed by atoms with Crippen molar-refractivity contribution in [1.29, 1.82) is 0 Å². The Bertz CT molecular complexity index is 971. The Labute approximate surface area is 168 Å². The normalized spacial score (nSPS) is 16.8. The van der Waals surface area contributed by atoms with Gasteiger partial charge in [0.1, 0.15) is 5.82 Å². The zero-order valence-electron chi connectivity index (χ0n) is 15.5. The number of carbonyl (C=O) groups excluding carboxylic acids is 1. The molecule has 4 rings (SSSR count). The Morgan fingerprint density at radius 3 is 2.75 bits per heavy atom. The van der Waals surface area contributed by atoms with E-state index in [1.165, 1.54) is 0 Å². The van der Waals surface area contributed by atoms with Crippen LogP contribution in [0.1, 0.15) is 18.7 Å². The molecule has 1 amide bonds. The van der Waals surface area contributed by atoms with E-state index in [2.05, 4.69) is 25.4 Å². The number of hydrogen-bond acceptors (Lipinski definition) is 5. The fraction of sp³-hybridized carbons (Fsp3) is 0.300. The lowest BCUT2D eigenvalue weighted by atomic mass is 9.97. The van der Waals surface area contributed by atoms with Crippen LogP contribution in [0, 0.1) is 12.8 Å². The molecule has 8 heteroatoms. The van der Waals surface area contributed by atoms with Crippen molar-refractivity contribution in [3.8, 4) is 5.82 Å². The van der Waals surface area contributed by atoms with Crippen LogP contribution in [0.15, 0.2) is 48.8 Å². The zero-order valence-corrected chi connectivity index (χ0v) is 16.3. The van der Waals surface area contributed by atoms with Crippen molar-refractivity contribution in [1.82, 2.24) is 19.7 Å². The van der Waals surface area contributed by atoms with Crippen molar-refractivity contribution in [2.24, 2.45) is 5.92 Å². The minimum Gasteiger partial charge on any atom is -0.354 e. The van der Waals surface area contributed by atoms with Gasteiger partial charge in [-0.15, -0.1) is 10.2 Å². The lowest BCUT2D eigenvalue weighted by Gasteiger charge is -2.32. The van der Waals surface area contributed by atoms with Crippen molar-refractivity contribution >= 4 is 29.0 Å². The van der Waals surface area contributed by atoms with Gasteiger partial charge in [-0.05, 0) is 50.1 Å². The molecule has 2 aromatic heterocycles. The van der Waals surface area contributed by atoms with Crippen molar-refractivity contribution in [3.63, 3.8) is 0 Å². The topological polar surface area (TPSA) is 75.9 Å². The lowest BCUT2D eigenvalue weighted by molar-refractivity contribution is -0.120. The maximum Gasteiger partial charge on any atom is 0.229 e. The summed E-state index contributed by atoms with van der Waals surface area (Å²) in [5.74, 6) is 2.27. The minimum absolute atomic E-state index is 0.00517. The number of benzene rings is 1. The van der Waals surface area contributed by atoms with Crippen LogP contribution >= 0.6 is 11.6 Å². The van der Waals surface area contributed by atoms with Gasteiger partial charge in [-0.3, -0.25) is 9.36 Å². The third-order valence-electron chi connectivity index (χ3n) is 4.92. The Kier molecular flexibility index (Phi) is 5.25. The number of aromatic nitrogens is 4. The SMILES string of the molecule is Cc1nccn1-c1ccc(N2CCCC(C(=O)Nc3cccc(Cl)c3)C2)nn1. The molecular weight excluding hydrogens is 376 g/mol. The summed E-state index contributed by atoms with van der Waals surface area (Å²) in [4.78, 5) is 19.0. The number of carbonyl (C=O) groups is 1. The fourth-order valence-electron chi connectivity index (χ4n) is 3.45. The Balaban J connectivity index is 1.43. The van der Waals surface area contributed by atoms with Gasteiger partial charge < -0.3 is 10.2 Å². The molecule has 3 heterocycles. The summed E-state index contributed by atoms with van der Waals surface area (Å²) in [7, 11) is 0. The standard InChI is InChI=1S/C20H21ClN6O/c1-14-22-9-11-27(14)19-8-7-18(24-25-19)26-10-3-4-15(13-26)20(28)23-17-6-2-5-16(21)12-17/h2,5-9,11-12,15H,3-4,10,13H2,1H3,(H,23,28). The molecule has 1 N–H and O–H groups in total. The van der Waals surface area contributed by atoms with Crippen LogP contribution in [0.4, 0.5) is 11.5 Å². The van der Waals surface area contributed by atoms with E-state index in [0.29, 0.717) is 11.6 Å². The minimum atomic E-state index is -0.106. The molecule has 1 aliphatic rings. The van der Waals surface area contributed by atoms with Gasteiger partial charge in [0, 0.05) is 36.2 Å². The zero-order chi connectivity index (χ0) is 19.5. The van der Waals surface area contributed by atoms with E-state index >= 15 is 0 Å².